The van der Waals surface area contributed by atoms with E-state index in [-0.39, 0.29) is 4.90 Å². The smallest absolute Gasteiger partial charge is 0.274 e. The summed E-state index contributed by atoms with van der Waals surface area (Å²) < 4.78 is 65.3. The Morgan fingerprint density at radius 3 is 2.17 bits per heavy atom. The molecule has 0 amide bonds. The molecule has 0 spiro atoms. The highest BCUT2D eigenvalue weighted by Crippen LogP contribution is 2.30. The lowest BCUT2D eigenvalue weighted by Crippen LogP contribution is -2.31. The Morgan fingerprint density at radius 1 is 1.04 bits per heavy atom. The fraction of sp³-hybridized carbons (Fsp3) is 0.125. The van der Waals surface area contributed by atoms with Crippen molar-refractivity contribution < 1.29 is 21.6 Å². The monoisotopic (exact) mass is 373 g/mol. The summed E-state index contributed by atoms with van der Waals surface area (Å²) in [4.78, 5) is 0.335. The molecular formula is C16H14F3NO2S2. The molecule has 8 heteroatoms. The van der Waals surface area contributed by atoms with E-state index in [1.807, 2.05) is 0 Å². The first-order valence-corrected chi connectivity index (χ1v) is 9.13. The molecular weight excluding hydrogens is 359 g/mol. The van der Waals surface area contributed by atoms with Crippen LogP contribution < -0.4 is 4.72 Å². The van der Waals surface area contributed by atoms with E-state index in [4.69, 9.17) is 0 Å². The highest BCUT2D eigenvalue weighted by atomic mass is 32.2. The second-order valence-corrected chi connectivity index (χ2v) is 7.50. The van der Waals surface area contributed by atoms with E-state index in [1.165, 1.54) is 24.3 Å². The van der Waals surface area contributed by atoms with Crippen molar-refractivity contribution in [3.63, 3.8) is 0 Å². The molecule has 0 saturated heterocycles. The Hall–Kier alpha value is -1.93. The number of allylic oxidation sites excluding steroid dienone is 1. The van der Waals surface area contributed by atoms with Gasteiger partial charge in [-0.2, -0.15) is 13.2 Å². The van der Waals surface area contributed by atoms with Gasteiger partial charge < -0.3 is 0 Å². The minimum atomic E-state index is -4.82. The normalized spacial score (nSPS) is 12.9. The van der Waals surface area contributed by atoms with E-state index in [0.717, 1.165) is 22.7 Å². The number of aryl methyl sites for hydroxylation is 1. The van der Waals surface area contributed by atoms with Crippen molar-refractivity contribution in [1.29, 1.82) is 0 Å². The van der Waals surface area contributed by atoms with Crippen molar-refractivity contribution in [2.45, 2.75) is 22.9 Å². The standard InChI is InChI=1S/C16H14F3NO2S2/c1-12-7-9-14(10-8-12)24(21,22)20-15(16(17,18)19)11-23-13-5-3-2-4-6-13/h2-11,20H,1H3/b15-11-. The number of nitrogens with one attached hydrogen (secondary N) is 1. The zero-order valence-corrected chi connectivity index (χ0v) is 14.2. The maximum atomic E-state index is 13.1. The number of benzene rings is 2. The summed E-state index contributed by atoms with van der Waals surface area (Å²) in [6.07, 6.45) is -4.82. The number of alkyl halides is 3. The Labute approximate surface area is 142 Å². The lowest BCUT2D eigenvalue weighted by atomic mass is 10.2. The Kier molecular flexibility index (Phi) is 5.61. The zero-order valence-electron chi connectivity index (χ0n) is 12.5. The number of halogens is 3. The van der Waals surface area contributed by atoms with Gasteiger partial charge in [0.05, 0.1) is 4.90 Å². The van der Waals surface area contributed by atoms with Crippen molar-refractivity contribution in [2.75, 3.05) is 0 Å². The Morgan fingerprint density at radius 2 is 1.62 bits per heavy atom. The second-order valence-electron chi connectivity index (χ2n) is 4.88. The lowest BCUT2D eigenvalue weighted by Gasteiger charge is -2.14. The number of rotatable bonds is 5. The lowest BCUT2D eigenvalue weighted by molar-refractivity contribution is -0.0942. The minimum absolute atomic E-state index is 0.229. The van der Waals surface area contributed by atoms with Gasteiger partial charge in [-0.15, -0.1) is 0 Å². The van der Waals surface area contributed by atoms with Crippen LogP contribution in [-0.2, 0) is 10.0 Å². The van der Waals surface area contributed by atoms with E-state index in [1.54, 1.807) is 42.0 Å². The van der Waals surface area contributed by atoms with E-state index >= 15 is 0 Å². The molecule has 2 aromatic rings. The molecule has 0 fully saturated rings. The summed E-state index contributed by atoms with van der Waals surface area (Å²) in [5, 5.41) is 0.751. The van der Waals surface area contributed by atoms with Crippen LogP contribution in [0.4, 0.5) is 13.2 Å². The summed E-state index contributed by atoms with van der Waals surface area (Å²) in [5.41, 5.74) is -0.530. The molecule has 1 N–H and O–H groups in total. The summed E-state index contributed by atoms with van der Waals surface area (Å²) >= 11 is 0.785. The molecule has 0 atom stereocenters. The average Bonchev–Trinajstić information content (AvgIpc) is 2.52. The van der Waals surface area contributed by atoms with Gasteiger partial charge in [0.2, 0.25) is 0 Å². The molecule has 2 aromatic carbocycles. The molecule has 0 aliphatic carbocycles. The summed E-state index contributed by atoms with van der Waals surface area (Å²) in [5.74, 6) is 0. The molecule has 0 aromatic heterocycles. The molecule has 0 bridgehead atoms. The number of hydrogen-bond acceptors (Lipinski definition) is 3. The van der Waals surface area contributed by atoms with E-state index in [0.29, 0.717) is 4.90 Å². The molecule has 0 heterocycles. The maximum absolute atomic E-state index is 13.1. The summed E-state index contributed by atoms with van der Waals surface area (Å²) in [6, 6.07) is 13.9. The third-order valence-electron chi connectivity index (χ3n) is 2.94. The fourth-order valence-electron chi connectivity index (χ4n) is 1.70. The topological polar surface area (TPSA) is 46.2 Å². The van der Waals surface area contributed by atoms with Gasteiger partial charge >= 0.3 is 6.18 Å². The first-order chi connectivity index (χ1) is 11.2. The van der Waals surface area contributed by atoms with Crippen LogP contribution >= 0.6 is 11.8 Å². The van der Waals surface area contributed by atoms with Crippen LogP contribution in [0.3, 0.4) is 0 Å². The van der Waals surface area contributed by atoms with Crippen molar-refractivity contribution in [2.24, 2.45) is 0 Å². The first-order valence-electron chi connectivity index (χ1n) is 6.77. The molecule has 24 heavy (non-hydrogen) atoms. The molecule has 2 rings (SSSR count). The molecule has 0 aliphatic rings. The van der Waals surface area contributed by atoms with E-state index in [2.05, 4.69) is 0 Å². The van der Waals surface area contributed by atoms with Crippen LogP contribution in [0, 0.1) is 6.92 Å². The van der Waals surface area contributed by atoms with Crippen molar-refractivity contribution in [1.82, 2.24) is 4.72 Å². The van der Waals surface area contributed by atoms with Gasteiger partial charge in [-0.05, 0) is 31.2 Å². The highest BCUT2D eigenvalue weighted by Gasteiger charge is 2.36. The van der Waals surface area contributed by atoms with Gasteiger partial charge in [-0.1, -0.05) is 47.7 Å². The molecule has 128 valence electrons. The van der Waals surface area contributed by atoms with Gasteiger partial charge in [-0.3, -0.25) is 4.72 Å². The summed E-state index contributed by atoms with van der Waals surface area (Å²) in [7, 11) is -4.32. The SMILES string of the molecule is Cc1ccc(S(=O)(=O)N/C(=C\Sc2ccccc2)C(F)(F)F)cc1. The third-order valence-corrected chi connectivity index (χ3v) is 5.22. The van der Waals surface area contributed by atoms with Crippen LogP contribution in [0.15, 0.2) is 75.5 Å². The van der Waals surface area contributed by atoms with Gasteiger partial charge in [-0.25, -0.2) is 8.42 Å². The molecule has 0 unspecified atom stereocenters. The van der Waals surface area contributed by atoms with Crippen LogP contribution in [0.2, 0.25) is 0 Å². The third kappa shape index (κ3) is 5.04. The number of hydrogen-bond donors (Lipinski definition) is 1. The van der Waals surface area contributed by atoms with Gasteiger partial charge in [0.1, 0.15) is 5.70 Å². The fourth-order valence-corrected chi connectivity index (χ4v) is 3.61. The van der Waals surface area contributed by atoms with Crippen LogP contribution in [0.1, 0.15) is 5.56 Å². The predicted octanol–water partition coefficient (Wildman–Crippen LogP) is 4.47. The molecule has 0 saturated carbocycles. The summed E-state index contributed by atoms with van der Waals surface area (Å²) in [6.45, 7) is 1.75. The largest absolute Gasteiger partial charge is 0.432 e. The Balaban J connectivity index is 2.27. The van der Waals surface area contributed by atoms with E-state index < -0.39 is 21.9 Å². The highest BCUT2D eigenvalue weighted by molar-refractivity contribution is 8.02. The van der Waals surface area contributed by atoms with Crippen LogP contribution in [0.25, 0.3) is 0 Å². The average molecular weight is 373 g/mol. The molecule has 3 nitrogen and oxygen atoms in total. The maximum Gasteiger partial charge on any atom is 0.432 e. The van der Waals surface area contributed by atoms with Crippen molar-refractivity contribution >= 4 is 21.8 Å². The number of sulfonamides is 1. The zero-order chi connectivity index (χ0) is 17.8. The minimum Gasteiger partial charge on any atom is -0.274 e. The van der Waals surface area contributed by atoms with Gasteiger partial charge in [0, 0.05) is 10.3 Å². The van der Waals surface area contributed by atoms with E-state index in [9.17, 15) is 21.6 Å². The molecule has 0 aliphatic heterocycles. The number of thioether (sulfide) groups is 1. The predicted molar refractivity (Wildman–Crippen MR) is 87.9 cm³/mol. The van der Waals surface area contributed by atoms with Gasteiger partial charge in [0.25, 0.3) is 10.0 Å². The van der Waals surface area contributed by atoms with Crippen LogP contribution in [0.5, 0.6) is 0 Å². The van der Waals surface area contributed by atoms with Crippen molar-refractivity contribution in [3.8, 4) is 0 Å². The Bertz CT molecular complexity index is 815. The van der Waals surface area contributed by atoms with Gasteiger partial charge in [0.15, 0.2) is 0 Å². The first kappa shape index (κ1) is 18.4. The van der Waals surface area contributed by atoms with Crippen LogP contribution in [-0.4, -0.2) is 14.6 Å². The second kappa shape index (κ2) is 7.31. The molecule has 0 radical (unpaired) electrons. The van der Waals surface area contributed by atoms with Crippen molar-refractivity contribution in [3.05, 3.63) is 71.3 Å². The quantitative estimate of drug-likeness (QED) is 0.787.